The maximum absolute atomic E-state index is 3.58. The minimum Gasteiger partial charge on any atom is -0.355 e. The monoisotopic (exact) mass is 495 g/mol. The fourth-order valence-corrected chi connectivity index (χ4v) is 6.24. The van der Waals surface area contributed by atoms with Crippen LogP contribution in [0.25, 0.3) is 76.7 Å². The number of nitrogens with one attached hydrogen (secondary N) is 1. The molecule has 0 bridgehead atoms. The summed E-state index contributed by atoms with van der Waals surface area (Å²) < 4.78 is 0. The summed E-state index contributed by atoms with van der Waals surface area (Å²) in [4.78, 5) is 3.58. The van der Waals surface area contributed by atoms with Gasteiger partial charge in [0.05, 0.1) is 0 Å². The van der Waals surface area contributed by atoms with E-state index < -0.39 is 0 Å². The Morgan fingerprint density at radius 2 is 0.769 bits per heavy atom. The number of hydrogen-bond acceptors (Lipinski definition) is 0. The van der Waals surface area contributed by atoms with Crippen molar-refractivity contribution in [3.8, 4) is 33.4 Å². The summed E-state index contributed by atoms with van der Waals surface area (Å²) in [6.07, 6.45) is 0. The highest BCUT2D eigenvalue weighted by Crippen LogP contribution is 2.44. The SMILES string of the molecule is c1ccc(-c2cccc(-c3c4ccccc4c(-c4ccc5[nH]c6ccccc6c5c4)c4ccccc34)c2)cc1. The van der Waals surface area contributed by atoms with Crippen LogP contribution in [0.4, 0.5) is 0 Å². The Balaban J connectivity index is 1.44. The van der Waals surface area contributed by atoms with Crippen LogP contribution in [0.1, 0.15) is 0 Å². The fourth-order valence-electron chi connectivity index (χ4n) is 6.24. The van der Waals surface area contributed by atoms with Crippen molar-refractivity contribution in [3.05, 3.63) is 146 Å². The van der Waals surface area contributed by atoms with E-state index in [0.717, 1.165) is 0 Å². The van der Waals surface area contributed by atoms with Crippen molar-refractivity contribution in [3.63, 3.8) is 0 Å². The molecule has 0 saturated carbocycles. The molecule has 1 nitrogen and oxygen atoms in total. The van der Waals surface area contributed by atoms with Gasteiger partial charge in [0.1, 0.15) is 0 Å². The average molecular weight is 496 g/mol. The van der Waals surface area contributed by atoms with Crippen molar-refractivity contribution in [1.29, 1.82) is 0 Å². The van der Waals surface area contributed by atoms with Gasteiger partial charge in [0.15, 0.2) is 0 Å². The van der Waals surface area contributed by atoms with Gasteiger partial charge < -0.3 is 4.98 Å². The van der Waals surface area contributed by atoms with Gasteiger partial charge in [0.25, 0.3) is 0 Å². The normalized spacial score (nSPS) is 11.6. The highest BCUT2D eigenvalue weighted by atomic mass is 14.7. The minimum absolute atomic E-state index is 1.17. The predicted molar refractivity (Wildman–Crippen MR) is 167 cm³/mol. The van der Waals surface area contributed by atoms with Crippen molar-refractivity contribution in [2.45, 2.75) is 0 Å². The smallest absolute Gasteiger partial charge is 0.0465 e. The van der Waals surface area contributed by atoms with E-state index in [2.05, 4.69) is 151 Å². The molecule has 0 aliphatic rings. The summed E-state index contributed by atoms with van der Waals surface area (Å²) in [5, 5.41) is 7.62. The zero-order valence-corrected chi connectivity index (χ0v) is 21.4. The Bertz CT molecular complexity index is 2110. The lowest BCUT2D eigenvalue weighted by Crippen LogP contribution is -1.91. The van der Waals surface area contributed by atoms with Crippen LogP contribution < -0.4 is 0 Å². The molecule has 0 saturated heterocycles. The lowest BCUT2D eigenvalue weighted by atomic mass is 9.85. The number of hydrogen-bond donors (Lipinski definition) is 1. The Kier molecular flexibility index (Phi) is 4.89. The maximum Gasteiger partial charge on any atom is 0.0465 e. The molecule has 0 amide bonds. The molecule has 0 atom stereocenters. The number of H-pyrrole nitrogens is 1. The molecule has 0 aliphatic heterocycles. The molecule has 0 aliphatic carbocycles. The van der Waals surface area contributed by atoms with Gasteiger partial charge in [-0.2, -0.15) is 0 Å². The number of aromatic amines is 1. The molecule has 182 valence electrons. The Hall–Kier alpha value is -5.14. The van der Waals surface area contributed by atoms with E-state index in [1.807, 2.05) is 0 Å². The third kappa shape index (κ3) is 3.48. The molecule has 0 unspecified atom stereocenters. The van der Waals surface area contributed by atoms with E-state index in [4.69, 9.17) is 0 Å². The quantitative estimate of drug-likeness (QED) is 0.235. The lowest BCUT2D eigenvalue weighted by Gasteiger charge is -2.18. The van der Waals surface area contributed by atoms with Crippen LogP contribution in [0, 0.1) is 0 Å². The first kappa shape index (κ1) is 21.9. The first-order valence-electron chi connectivity index (χ1n) is 13.5. The second kappa shape index (κ2) is 8.72. The molecular formula is C38H25N. The van der Waals surface area contributed by atoms with E-state index in [1.54, 1.807) is 0 Å². The molecule has 1 heterocycles. The number of benzene rings is 7. The molecule has 8 aromatic rings. The van der Waals surface area contributed by atoms with E-state index in [0.29, 0.717) is 0 Å². The van der Waals surface area contributed by atoms with Crippen molar-refractivity contribution in [2.24, 2.45) is 0 Å². The van der Waals surface area contributed by atoms with Gasteiger partial charge in [0, 0.05) is 21.8 Å². The third-order valence-electron chi connectivity index (χ3n) is 7.98. The van der Waals surface area contributed by atoms with Gasteiger partial charge in [-0.15, -0.1) is 0 Å². The van der Waals surface area contributed by atoms with Crippen LogP contribution in [0.5, 0.6) is 0 Å². The average Bonchev–Trinajstić information content (AvgIpc) is 3.38. The van der Waals surface area contributed by atoms with E-state index >= 15 is 0 Å². The minimum atomic E-state index is 1.17. The summed E-state index contributed by atoms with van der Waals surface area (Å²) >= 11 is 0. The standard InChI is InChI=1S/C38H25N/c1-2-11-25(12-3-1)26-13-10-14-27(23-26)37-30-16-4-6-18-32(30)38(33-19-7-5-17-31(33)37)28-21-22-36-34(24-28)29-15-8-9-20-35(29)39-36/h1-24,39H. The molecule has 0 radical (unpaired) electrons. The molecule has 0 fully saturated rings. The first-order valence-corrected chi connectivity index (χ1v) is 13.5. The third-order valence-corrected chi connectivity index (χ3v) is 7.98. The van der Waals surface area contributed by atoms with Crippen LogP contribution >= 0.6 is 0 Å². The van der Waals surface area contributed by atoms with Gasteiger partial charge in [0.2, 0.25) is 0 Å². The summed E-state index contributed by atoms with van der Waals surface area (Å²) in [6.45, 7) is 0. The Morgan fingerprint density at radius 3 is 1.44 bits per heavy atom. The summed E-state index contributed by atoms with van der Waals surface area (Å²) in [6, 6.07) is 52.8. The molecular weight excluding hydrogens is 470 g/mol. The number of rotatable bonds is 3. The highest BCUT2D eigenvalue weighted by molar-refractivity contribution is 6.22. The van der Waals surface area contributed by atoms with E-state index in [9.17, 15) is 0 Å². The first-order chi connectivity index (χ1) is 19.3. The van der Waals surface area contributed by atoms with Crippen LogP contribution in [0.15, 0.2) is 146 Å². The predicted octanol–water partition coefficient (Wildman–Crippen LogP) is 10.6. The molecule has 0 spiro atoms. The summed E-state index contributed by atoms with van der Waals surface area (Å²) in [5.74, 6) is 0. The lowest BCUT2D eigenvalue weighted by molar-refractivity contribution is 1.55. The van der Waals surface area contributed by atoms with Crippen molar-refractivity contribution >= 4 is 43.4 Å². The zero-order chi connectivity index (χ0) is 25.8. The molecule has 1 heteroatoms. The van der Waals surface area contributed by atoms with Gasteiger partial charge in [-0.3, -0.25) is 0 Å². The summed E-state index contributed by atoms with van der Waals surface area (Å²) in [5.41, 5.74) is 9.86. The Morgan fingerprint density at radius 1 is 0.282 bits per heavy atom. The van der Waals surface area contributed by atoms with Gasteiger partial charge in [-0.05, 0) is 79.2 Å². The number of para-hydroxylation sites is 1. The second-order valence-electron chi connectivity index (χ2n) is 10.2. The largest absolute Gasteiger partial charge is 0.355 e. The van der Waals surface area contributed by atoms with Gasteiger partial charge in [-0.1, -0.05) is 121 Å². The molecule has 8 rings (SSSR count). The fraction of sp³-hybridized carbons (Fsp3) is 0. The van der Waals surface area contributed by atoms with Crippen molar-refractivity contribution < 1.29 is 0 Å². The van der Waals surface area contributed by atoms with Crippen LogP contribution in [-0.4, -0.2) is 4.98 Å². The highest BCUT2D eigenvalue weighted by Gasteiger charge is 2.17. The van der Waals surface area contributed by atoms with Crippen LogP contribution in [0.2, 0.25) is 0 Å². The molecule has 39 heavy (non-hydrogen) atoms. The van der Waals surface area contributed by atoms with Crippen LogP contribution in [-0.2, 0) is 0 Å². The number of fused-ring (bicyclic) bond motifs is 5. The molecule has 7 aromatic carbocycles. The number of aromatic nitrogens is 1. The molecule has 1 aromatic heterocycles. The van der Waals surface area contributed by atoms with E-state index in [1.165, 1.54) is 76.7 Å². The topological polar surface area (TPSA) is 15.8 Å². The Labute approximate surface area is 227 Å². The van der Waals surface area contributed by atoms with Gasteiger partial charge >= 0.3 is 0 Å². The van der Waals surface area contributed by atoms with Crippen molar-refractivity contribution in [2.75, 3.05) is 0 Å². The van der Waals surface area contributed by atoms with E-state index in [-0.39, 0.29) is 0 Å². The van der Waals surface area contributed by atoms with Crippen molar-refractivity contribution in [1.82, 2.24) is 4.98 Å². The van der Waals surface area contributed by atoms with Gasteiger partial charge in [-0.25, -0.2) is 0 Å². The van der Waals surface area contributed by atoms with Crippen LogP contribution in [0.3, 0.4) is 0 Å². The maximum atomic E-state index is 3.58. The second-order valence-corrected chi connectivity index (χ2v) is 10.2. The zero-order valence-electron chi connectivity index (χ0n) is 21.4. The molecule has 1 N–H and O–H groups in total. The summed E-state index contributed by atoms with van der Waals surface area (Å²) in [7, 11) is 0.